The molecule has 0 aliphatic carbocycles. The number of methoxy groups -OCH3 is 1. The van der Waals surface area contributed by atoms with Crippen LogP contribution in [0.3, 0.4) is 0 Å². The number of hydrogen-bond acceptors (Lipinski definition) is 3. The van der Waals surface area contributed by atoms with Gasteiger partial charge in [0.25, 0.3) is 0 Å². The summed E-state index contributed by atoms with van der Waals surface area (Å²) in [6.07, 6.45) is 0.951. The van der Waals surface area contributed by atoms with Gasteiger partial charge in [-0.1, -0.05) is 25.1 Å². The number of rotatable bonds is 4. The molecule has 2 amide bonds. The Hall–Kier alpha value is -2.82. The van der Waals surface area contributed by atoms with Crippen LogP contribution < -0.4 is 10.6 Å². The van der Waals surface area contributed by atoms with Crippen LogP contribution in [0.25, 0.3) is 0 Å². The number of carbonyl (C=O) groups is 2. The van der Waals surface area contributed by atoms with E-state index in [9.17, 15) is 9.59 Å². The zero-order chi connectivity index (χ0) is 15.9. The van der Waals surface area contributed by atoms with Gasteiger partial charge in [0.05, 0.1) is 12.7 Å². The number of amides is 2. The summed E-state index contributed by atoms with van der Waals surface area (Å²) in [7, 11) is 1.31. The first-order chi connectivity index (χ1) is 10.6. The highest BCUT2D eigenvalue weighted by Crippen LogP contribution is 2.13. The molecule has 0 heterocycles. The SMILES string of the molecule is CCc1ccc(NC(=O)Nc2cccc(C(=O)OC)c2)cc1. The maximum absolute atomic E-state index is 11.9. The molecule has 0 bridgehead atoms. The fraction of sp³-hybridized carbons (Fsp3) is 0.176. The maximum Gasteiger partial charge on any atom is 0.337 e. The molecule has 2 aromatic rings. The molecule has 0 aromatic heterocycles. The number of aryl methyl sites for hydroxylation is 1. The molecule has 2 aromatic carbocycles. The summed E-state index contributed by atoms with van der Waals surface area (Å²) >= 11 is 0. The first-order valence-corrected chi connectivity index (χ1v) is 6.97. The Kier molecular flexibility index (Phi) is 5.14. The van der Waals surface area contributed by atoms with Gasteiger partial charge in [0.2, 0.25) is 0 Å². The zero-order valence-electron chi connectivity index (χ0n) is 12.6. The van der Waals surface area contributed by atoms with Gasteiger partial charge in [0, 0.05) is 11.4 Å². The summed E-state index contributed by atoms with van der Waals surface area (Å²) in [6.45, 7) is 2.07. The van der Waals surface area contributed by atoms with Crippen LogP contribution in [0.4, 0.5) is 16.2 Å². The lowest BCUT2D eigenvalue weighted by atomic mass is 10.1. The summed E-state index contributed by atoms with van der Waals surface area (Å²) in [6, 6.07) is 13.8. The second-order valence-electron chi connectivity index (χ2n) is 4.70. The Balaban J connectivity index is 2.00. The minimum Gasteiger partial charge on any atom is -0.465 e. The maximum atomic E-state index is 11.9. The van der Waals surface area contributed by atoms with Crippen molar-refractivity contribution >= 4 is 23.4 Å². The topological polar surface area (TPSA) is 67.4 Å². The number of carbonyl (C=O) groups excluding carboxylic acids is 2. The molecule has 114 valence electrons. The van der Waals surface area contributed by atoms with Crippen LogP contribution in [0.5, 0.6) is 0 Å². The molecular weight excluding hydrogens is 280 g/mol. The molecule has 0 spiro atoms. The van der Waals surface area contributed by atoms with Crippen LogP contribution in [-0.4, -0.2) is 19.1 Å². The molecule has 0 saturated carbocycles. The van der Waals surface area contributed by atoms with Crippen LogP contribution in [0.2, 0.25) is 0 Å². The van der Waals surface area contributed by atoms with Crippen molar-refractivity contribution in [2.45, 2.75) is 13.3 Å². The number of ether oxygens (including phenoxy) is 1. The monoisotopic (exact) mass is 298 g/mol. The minimum absolute atomic E-state index is 0.369. The van der Waals surface area contributed by atoms with Crippen molar-refractivity contribution in [2.24, 2.45) is 0 Å². The predicted octanol–water partition coefficient (Wildman–Crippen LogP) is 3.68. The molecular formula is C17H18N2O3. The van der Waals surface area contributed by atoms with Crippen LogP contribution in [0, 0.1) is 0 Å². The number of esters is 1. The molecule has 0 radical (unpaired) electrons. The largest absolute Gasteiger partial charge is 0.465 e. The summed E-state index contributed by atoms with van der Waals surface area (Å²) in [5.41, 5.74) is 2.81. The number of nitrogens with one attached hydrogen (secondary N) is 2. The number of anilines is 2. The third-order valence-electron chi connectivity index (χ3n) is 3.16. The molecule has 0 fully saturated rings. The highest BCUT2D eigenvalue weighted by atomic mass is 16.5. The fourth-order valence-electron chi connectivity index (χ4n) is 1.96. The van der Waals surface area contributed by atoms with E-state index in [1.165, 1.54) is 12.7 Å². The van der Waals surface area contributed by atoms with E-state index in [0.717, 1.165) is 6.42 Å². The average Bonchev–Trinajstić information content (AvgIpc) is 2.55. The quantitative estimate of drug-likeness (QED) is 0.846. The van der Waals surface area contributed by atoms with Crippen LogP contribution >= 0.6 is 0 Å². The predicted molar refractivity (Wildman–Crippen MR) is 86.2 cm³/mol. The van der Waals surface area contributed by atoms with Crippen molar-refractivity contribution in [2.75, 3.05) is 17.7 Å². The third kappa shape index (κ3) is 4.09. The summed E-state index contributed by atoms with van der Waals surface area (Å²) < 4.78 is 4.65. The Labute approximate surface area is 129 Å². The van der Waals surface area contributed by atoms with Gasteiger partial charge < -0.3 is 15.4 Å². The first-order valence-electron chi connectivity index (χ1n) is 6.97. The van der Waals surface area contributed by atoms with E-state index in [4.69, 9.17) is 0 Å². The summed E-state index contributed by atoms with van der Waals surface area (Å²) in [4.78, 5) is 23.4. The van der Waals surface area contributed by atoms with Gasteiger partial charge in [-0.05, 0) is 42.3 Å². The lowest BCUT2D eigenvalue weighted by molar-refractivity contribution is 0.0600. The Morgan fingerprint density at radius 2 is 1.68 bits per heavy atom. The molecule has 0 aliphatic rings. The standard InChI is InChI=1S/C17H18N2O3/c1-3-12-7-9-14(10-8-12)18-17(21)19-15-6-4-5-13(11-15)16(20)22-2/h4-11H,3H2,1-2H3,(H2,18,19,21). The number of benzene rings is 2. The van der Waals surface area contributed by atoms with Crippen LogP contribution in [-0.2, 0) is 11.2 Å². The van der Waals surface area contributed by atoms with E-state index >= 15 is 0 Å². The Bertz CT molecular complexity index is 666. The van der Waals surface area contributed by atoms with Gasteiger partial charge in [0.1, 0.15) is 0 Å². The minimum atomic E-state index is -0.445. The van der Waals surface area contributed by atoms with Crippen molar-refractivity contribution in [3.05, 3.63) is 59.7 Å². The highest BCUT2D eigenvalue weighted by molar-refractivity contribution is 6.00. The van der Waals surface area contributed by atoms with Crippen molar-refractivity contribution in [1.29, 1.82) is 0 Å². The number of urea groups is 1. The van der Waals surface area contributed by atoms with E-state index in [2.05, 4.69) is 22.3 Å². The van der Waals surface area contributed by atoms with Crippen molar-refractivity contribution in [1.82, 2.24) is 0 Å². The summed E-state index contributed by atoms with van der Waals surface area (Å²) in [5.74, 6) is -0.445. The normalized spacial score (nSPS) is 9.91. The van der Waals surface area contributed by atoms with Gasteiger partial charge in [-0.15, -0.1) is 0 Å². The van der Waals surface area contributed by atoms with Crippen molar-refractivity contribution in [3.63, 3.8) is 0 Å². The lowest BCUT2D eigenvalue weighted by Crippen LogP contribution is -2.19. The van der Waals surface area contributed by atoms with E-state index < -0.39 is 5.97 Å². The molecule has 0 atom stereocenters. The Morgan fingerprint density at radius 1 is 1.00 bits per heavy atom. The smallest absolute Gasteiger partial charge is 0.337 e. The highest BCUT2D eigenvalue weighted by Gasteiger charge is 2.07. The average molecular weight is 298 g/mol. The molecule has 5 nitrogen and oxygen atoms in total. The number of hydrogen-bond donors (Lipinski definition) is 2. The lowest BCUT2D eigenvalue weighted by Gasteiger charge is -2.09. The third-order valence-corrected chi connectivity index (χ3v) is 3.16. The van der Waals surface area contributed by atoms with Crippen LogP contribution in [0.15, 0.2) is 48.5 Å². The first kappa shape index (κ1) is 15.6. The molecule has 22 heavy (non-hydrogen) atoms. The summed E-state index contributed by atoms with van der Waals surface area (Å²) in [5, 5.41) is 5.42. The van der Waals surface area contributed by atoms with Gasteiger partial charge in [-0.25, -0.2) is 9.59 Å². The fourth-order valence-corrected chi connectivity index (χ4v) is 1.96. The molecule has 5 heteroatoms. The Morgan fingerprint density at radius 3 is 2.32 bits per heavy atom. The van der Waals surface area contributed by atoms with E-state index in [1.54, 1.807) is 24.3 Å². The van der Waals surface area contributed by atoms with E-state index in [1.807, 2.05) is 24.3 Å². The molecule has 0 saturated heterocycles. The second-order valence-corrected chi connectivity index (χ2v) is 4.70. The van der Waals surface area contributed by atoms with Crippen molar-refractivity contribution in [3.8, 4) is 0 Å². The van der Waals surface area contributed by atoms with Gasteiger partial charge in [0.15, 0.2) is 0 Å². The zero-order valence-corrected chi connectivity index (χ0v) is 12.6. The van der Waals surface area contributed by atoms with Crippen molar-refractivity contribution < 1.29 is 14.3 Å². The van der Waals surface area contributed by atoms with Gasteiger partial charge in [-0.3, -0.25) is 0 Å². The molecule has 0 unspecified atom stereocenters. The van der Waals surface area contributed by atoms with Gasteiger partial charge >= 0.3 is 12.0 Å². The van der Waals surface area contributed by atoms with Gasteiger partial charge in [-0.2, -0.15) is 0 Å². The van der Waals surface area contributed by atoms with Crippen LogP contribution in [0.1, 0.15) is 22.8 Å². The molecule has 2 N–H and O–H groups in total. The molecule has 2 rings (SSSR count). The second kappa shape index (κ2) is 7.26. The molecule has 0 aliphatic heterocycles. The van der Waals surface area contributed by atoms with E-state index in [0.29, 0.717) is 16.9 Å². The van der Waals surface area contributed by atoms with E-state index in [-0.39, 0.29) is 6.03 Å².